The highest BCUT2D eigenvalue weighted by Crippen LogP contribution is 2.31. The van der Waals surface area contributed by atoms with Crippen LogP contribution in [-0.2, 0) is 9.59 Å². The van der Waals surface area contributed by atoms with Crippen molar-refractivity contribution in [2.45, 2.75) is 13.3 Å². The van der Waals surface area contributed by atoms with Crippen LogP contribution in [0.4, 0.5) is 5.69 Å². The predicted octanol–water partition coefficient (Wildman–Crippen LogP) is 1.49. The molecule has 2 amide bonds. The van der Waals surface area contributed by atoms with E-state index in [-0.39, 0.29) is 12.3 Å². The number of nitrogens with zero attached hydrogens (tertiary/aromatic N) is 1. The molecule has 0 bridgehead atoms. The van der Waals surface area contributed by atoms with Gasteiger partial charge >= 0.3 is 0 Å². The second-order valence-corrected chi connectivity index (χ2v) is 4.60. The zero-order valence-corrected chi connectivity index (χ0v) is 10.2. The minimum Gasteiger partial charge on any atom is -0.369 e. The molecule has 2 rings (SSSR count). The maximum absolute atomic E-state index is 11.8. The number of carbonyl (C=O) groups is 2. The van der Waals surface area contributed by atoms with E-state index < -0.39 is 11.8 Å². The van der Waals surface area contributed by atoms with Crippen LogP contribution in [0.1, 0.15) is 12.0 Å². The standard InChI is InChI=1S/C12H13ClN2O2/c1-7-9(13)3-2-4-10(7)15-6-8(12(14)17)5-11(15)16/h2-4,8H,5-6H2,1H3,(H2,14,17)/t8-/m0/s1. The molecule has 1 aliphatic heterocycles. The van der Waals surface area contributed by atoms with E-state index in [4.69, 9.17) is 17.3 Å². The van der Waals surface area contributed by atoms with E-state index in [2.05, 4.69) is 0 Å². The zero-order chi connectivity index (χ0) is 12.6. The molecule has 1 fully saturated rings. The first-order chi connectivity index (χ1) is 8.00. The van der Waals surface area contributed by atoms with Crippen molar-refractivity contribution in [2.75, 3.05) is 11.4 Å². The topological polar surface area (TPSA) is 63.4 Å². The van der Waals surface area contributed by atoms with Gasteiger partial charge < -0.3 is 10.6 Å². The molecule has 0 radical (unpaired) electrons. The van der Waals surface area contributed by atoms with Gasteiger partial charge in [-0.3, -0.25) is 9.59 Å². The first-order valence-electron chi connectivity index (χ1n) is 5.35. The Kier molecular flexibility index (Phi) is 3.07. The lowest BCUT2D eigenvalue weighted by molar-refractivity contribution is -0.123. The molecule has 2 N–H and O–H groups in total. The summed E-state index contributed by atoms with van der Waals surface area (Å²) in [5.74, 6) is -0.916. The number of halogens is 1. The number of benzene rings is 1. The van der Waals surface area contributed by atoms with E-state index in [1.165, 1.54) is 0 Å². The van der Waals surface area contributed by atoms with E-state index >= 15 is 0 Å². The highest BCUT2D eigenvalue weighted by molar-refractivity contribution is 6.31. The van der Waals surface area contributed by atoms with Crippen LogP contribution in [0.15, 0.2) is 18.2 Å². The van der Waals surface area contributed by atoms with Gasteiger partial charge in [-0.15, -0.1) is 0 Å². The average Bonchev–Trinajstić information content (AvgIpc) is 2.65. The summed E-state index contributed by atoms with van der Waals surface area (Å²) in [7, 11) is 0. The van der Waals surface area contributed by atoms with Gasteiger partial charge in [-0.1, -0.05) is 17.7 Å². The number of nitrogens with two attached hydrogens (primary N) is 1. The Morgan fingerprint density at radius 3 is 2.82 bits per heavy atom. The predicted molar refractivity (Wildman–Crippen MR) is 65.8 cm³/mol. The van der Waals surface area contributed by atoms with Crippen LogP contribution in [0.3, 0.4) is 0 Å². The molecule has 0 aliphatic carbocycles. The van der Waals surface area contributed by atoms with Crippen molar-refractivity contribution in [3.63, 3.8) is 0 Å². The van der Waals surface area contributed by atoms with Gasteiger partial charge in [0.1, 0.15) is 0 Å². The minimum absolute atomic E-state index is 0.0841. The van der Waals surface area contributed by atoms with Gasteiger partial charge in [0.05, 0.1) is 5.92 Å². The fourth-order valence-electron chi connectivity index (χ4n) is 2.02. The van der Waals surface area contributed by atoms with Crippen LogP contribution in [0.25, 0.3) is 0 Å². The Morgan fingerprint density at radius 2 is 2.24 bits per heavy atom. The summed E-state index contributed by atoms with van der Waals surface area (Å²) in [6, 6.07) is 5.38. The summed E-state index contributed by atoms with van der Waals surface area (Å²) in [6.07, 6.45) is 0.182. The SMILES string of the molecule is Cc1c(Cl)cccc1N1C[C@@H](C(N)=O)CC1=O. The molecule has 1 atom stereocenters. The molecule has 90 valence electrons. The molecule has 1 heterocycles. The smallest absolute Gasteiger partial charge is 0.227 e. The van der Waals surface area contributed by atoms with E-state index in [0.29, 0.717) is 11.6 Å². The first-order valence-corrected chi connectivity index (χ1v) is 5.73. The molecule has 4 nitrogen and oxygen atoms in total. The van der Waals surface area contributed by atoms with Crippen molar-refractivity contribution < 1.29 is 9.59 Å². The molecule has 0 spiro atoms. The molecule has 0 unspecified atom stereocenters. The number of amides is 2. The van der Waals surface area contributed by atoms with Crippen LogP contribution in [0.5, 0.6) is 0 Å². The largest absolute Gasteiger partial charge is 0.369 e. The van der Waals surface area contributed by atoms with Crippen molar-refractivity contribution in [2.24, 2.45) is 11.7 Å². The Labute approximate surface area is 104 Å². The summed E-state index contributed by atoms with van der Waals surface area (Å²) in [5, 5.41) is 0.609. The van der Waals surface area contributed by atoms with Gasteiger partial charge in [0.15, 0.2) is 0 Å². The summed E-state index contributed by atoms with van der Waals surface area (Å²) in [5.41, 5.74) is 6.82. The Balaban J connectivity index is 2.32. The fraction of sp³-hybridized carbons (Fsp3) is 0.333. The third-order valence-electron chi connectivity index (χ3n) is 3.06. The van der Waals surface area contributed by atoms with E-state index in [9.17, 15) is 9.59 Å². The van der Waals surface area contributed by atoms with E-state index in [1.807, 2.05) is 13.0 Å². The Hall–Kier alpha value is -1.55. The second kappa shape index (κ2) is 4.37. The molecule has 1 aromatic rings. The molecule has 0 aromatic heterocycles. The van der Waals surface area contributed by atoms with Gasteiger partial charge in [-0.05, 0) is 24.6 Å². The maximum Gasteiger partial charge on any atom is 0.227 e. The quantitative estimate of drug-likeness (QED) is 0.867. The number of anilines is 1. The van der Waals surface area contributed by atoms with Crippen molar-refractivity contribution in [3.05, 3.63) is 28.8 Å². The van der Waals surface area contributed by atoms with Crippen molar-refractivity contribution in [3.8, 4) is 0 Å². The fourth-order valence-corrected chi connectivity index (χ4v) is 2.19. The summed E-state index contributed by atoms with van der Waals surface area (Å²) in [4.78, 5) is 24.5. The van der Waals surface area contributed by atoms with Gasteiger partial charge in [0.2, 0.25) is 11.8 Å². The third kappa shape index (κ3) is 2.13. The van der Waals surface area contributed by atoms with Crippen LogP contribution < -0.4 is 10.6 Å². The summed E-state index contributed by atoms with van der Waals surface area (Å²) >= 11 is 6.01. The van der Waals surface area contributed by atoms with E-state index in [1.54, 1.807) is 17.0 Å². The third-order valence-corrected chi connectivity index (χ3v) is 3.47. The van der Waals surface area contributed by atoms with Gasteiger partial charge in [-0.2, -0.15) is 0 Å². The molecule has 1 aliphatic rings. The number of carbonyl (C=O) groups excluding carboxylic acids is 2. The lowest BCUT2D eigenvalue weighted by atomic mass is 10.1. The molecule has 1 aromatic carbocycles. The summed E-state index contributed by atoms with van der Waals surface area (Å²) in [6.45, 7) is 2.19. The summed E-state index contributed by atoms with van der Waals surface area (Å²) < 4.78 is 0. The van der Waals surface area contributed by atoms with Crippen LogP contribution in [0.2, 0.25) is 5.02 Å². The molecule has 5 heteroatoms. The average molecular weight is 253 g/mol. The number of rotatable bonds is 2. The zero-order valence-electron chi connectivity index (χ0n) is 9.44. The number of hydrogen-bond donors (Lipinski definition) is 1. The van der Waals surface area contributed by atoms with E-state index in [0.717, 1.165) is 11.3 Å². The van der Waals surface area contributed by atoms with Crippen LogP contribution >= 0.6 is 11.6 Å². The molecule has 1 saturated heterocycles. The van der Waals surface area contributed by atoms with Gasteiger partial charge in [0, 0.05) is 23.7 Å². The highest BCUT2D eigenvalue weighted by Gasteiger charge is 2.34. The Morgan fingerprint density at radius 1 is 1.53 bits per heavy atom. The van der Waals surface area contributed by atoms with Crippen LogP contribution in [0, 0.1) is 12.8 Å². The van der Waals surface area contributed by atoms with Gasteiger partial charge in [-0.25, -0.2) is 0 Å². The number of primary amides is 1. The van der Waals surface area contributed by atoms with Crippen molar-refractivity contribution in [1.29, 1.82) is 0 Å². The highest BCUT2D eigenvalue weighted by atomic mass is 35.5. The van der Waals surface area contributed by atoms with Crippen molar-refractivity contribution in [1.82, 2.24) is 0 Å². The van der Waals surface area contributed by atoms with Crippen LogP contribution in [-0.4, -0.2) is 18.4 Å². The normalized spacial score (nSPS) is 19.8. The lowest BCUT2D eigenvalue weighted by Gasteiger charge is -2.19. The maximum atomic E-state index is 11.8. The first kappa shape index (κ1) is 11.9. The second-order valence-electron chi connectivity index (χ2n) is 4.19. The molecular formula is C12H13ClN2O2. The monoisotopic (exact) mass is 252 g/mol. The van der Waals surface area contributed by atoms with Crippen molar-refractivity contribution >= 4 is 29.1 Å². The number of hydrogen-bond acceptors (Lipinski definition) is 2. The lowest BCUT2D eigenvalue weighted by Crippen LogP contribution is -2.28. The molecule has 17 heavy (non-hydrogen) atoms. The van der Waals surface area contributed by atoms with Gasteiger partial charge in [0.25, 0.3) is 0 Å². The molecular weight excluding hydrogens is 240 g/mol. The Bertz CT molecular complexity index is 487. The minimum atomic E-state index is -0.430. The molecule has 0 saturated carbocycles.